The topological polar surface area (TPSA) is 6.48 Å². The molecule has 3 heterocycles. The van der Waals surface area contributed by atoms with E-state index in [9.17, 15) is 0 Å². The molecule has 306 valence electrons. The third-order valence-corrected chi connectivity index (χ3v) is 16.2. The molecule has 2 nitrogen and oxygen atoms in total. The van der Waals surface area contributed by atoms with Crippen molar-refractivity contribution >= 4 is 65.6 Å². The SMILES string of the molecule is CC1(C)c2ccccc2N(c2ccc3c4c2sc2c(N5c6ccccc6C(C)(C)c6ccccc65)ccc(c24)C(c2ccccc2)(c2ccccc2)c2ccccc2-3)c2ccccc21. The smallest absolute Gasteiger partial charge is 0.0714 e. The van der Waals surface area contributed by atoms with Crippen molar-refractivity contribution in [2.75, 3.05) is 9.80 Å². The van der Waals surface area contributed by atoms with Crippen LogP contribution >= 0.6 is 11.3 Å². The Morgan fingerprint density at radius 3 is 1.14 bits per heavy atom. The molecule has 0 bridgehead atoms. The molecule has 0 atom stereocenters. The molecule has 0 N–H and O–H groups in total. The van der Waals surface area contributed by atoms with Crippen LogP contribution in [0, 0.1) is 0 Å². The van der Waals surface area contributed by atoms with Crippen molar-refractivity contribution in [2.24, 2.45) is 0 Å². The van der Waals surface area contributed by atoms with Gasteiger partial charge in [0.25, 0.3) is 0 Å². The fourth-order valence-electron chi connectivity index (χ4n) is 12.0. The van der Waals surface area contributed by atoms with Crippen LogP contribution in [0.15, 0.2) is 206 Å². The van der Waals surface area contributed by atoms with Crippen LogP contribution in [0.25, 0.3) is 31.3 Å². The van der Waals surface area contributed by atoms with E-state index in [1.54, 1.807) is 0 Å². The van der Waals surface area contributed by atoms with Crippen molar-refractivity contribution in [3.8, 4) is 11.1 Å². The molecule has 0 amide bonds. The number of thiophene rings is 1. The van der Waals surface area contributed by atoms with Gasteiger partial charge in [-0.25, -0.2) is 0 Å². The first kappa shape index (κ1) is 37.4. The Bertz CT molecular complexity index is 3380. The number of hydrogen-bond donors (Lipinski definition) is 0. The number of benzene rings is 9. The van der Waals surface area contributed by atoms with E-state index in [0.29, 0.717) is 0 Å². The molecule has 0 spiro atoms. The zero-order valence-electron chi connectivity index (χ0n) is 36.4. The van der Waals surface area contributed by atoms with Crippen LogP contribution in [0.1, 0.15) is 72.2 Å². The fraction of sp³-hybridized carbons (Fsp3) is 0.115. The molecular weight excluding hydrogens is 793 g/mol. The highest BCUT2D eigenvalue weighted by Gasteiger charge is 2.46. The molecule has 1 aliphatic carbocycles. The average Bonchev–Trinajstić information content (AvgIpc) is 3.70. The van der Waals surface area contributed by atoms with Gasteiger partial charge < -0.3 is 9.80 Å². The second-order valence-electron chi connectivity index (χ2n) is 18.8. The van der Waals surface area contributed by atoms with E-state index in [0.717, 1.165) is 0 Å². The summed E-state index contributed by atoms with van der Waals surface area (Å²) in [6.07, 6.45) is 0. The normalized spacial score (nSPS) is 15.8. The standard InChI is InChI=1S/C61H46N2S/c1-59(2)44-27-13-17-31-49(44)62(50-32-18-14-28-45(50)59)53-37-35-42-41-25-11-12-26-43(41)61(39-21-7-5-8-22-39,40-23-9-6-10-24-40)48-36-38-54(58-56(48)55(42)57(53)64-58)63-51-33-19-15-29-46(51)60(3,4)47-30-16-20-34-52(47)63/h5-38H,1-4H3. The predicted octanol–water partition coefficient (Wildman–Crippen LogP) is 16.6. The van der Waals surface area contributed by atoms with E-state index in [1.807, 2.05) is 11.3 Å². The number of nitrogens with zero attached hydrogens (tertiary/aromatic N) is 2. The quantitative estimate of drug-likeness (QED) is 0.174. The molecule has 13 rings (SSSR count). The minimum absolute atomic E-state index is 0.168. The summed E-state index contributed by atoms with van der Waals surface area (Å²) in [5, 5.41) is 2.63. The maximum absolute atomic E-state index is 2.57. The Labute approximate surface area is 379 Å². The molecule has 0 unspecified atom stereocenters. The van der Waals surface area contributed by atoms with Gasteiger partial charge in [-0.2, -0.15) is 0 Å². The maximum Gasteiger partial charge on any atom is 0.0714 e. The molecule has 64 heavy (non-hydrogen) atoms. The number of para-hydroxylation sites is 4. The van der Waals surface area contributed by atoms with Crippen molar-refractivity contribution in [3.63, 3.8) is 0 Å². The van der Waals surface area contributed by atoms with Gasteiger partial charge in [0, 0.05) is 21.6 Å². The summed E-state index contributed by atoms with van der Waals surface area (Å²) in [5.41, 5.74) is 19.3. The first-order valence-electron chi connectivity index (χ1n) is 22.5. The van der Waals surface area contributed by atoms with Crippen molar-refractivity contribution in [2.45, 2.75) is 43.9 Å². The number of anilines is 6. The highest BCUT2D eigenvalue weighted by molar-refractivity contribution is 7.27. The molecule has 3 aliphatic rings. The fourth-order valence-corrected chi connectivity index (χ4v) is 13.4. The Morgan fingerprint density at radius 1 is 0.297 bits per heavy atom. The summed E-state index contributed by atoms with van der Waals surface area (Å²) in [7, 11) is 0. The Morgan fingerprint density at radius 2 is 0.672 bits per heavy atom. The summed E-state index contributed by atoms with van der Waals surface area (Å²) in [4.78, 5) is 5.14. The molecule has 2 aliphatic heterocycles. The number of hydrogen-bond acceptors (Lipinski definition) is 3. The van der Waals surface area contributed by atoms with E-state index >= 15 is 0 Å². The zero-order chi connectivity index (χ0) is 43.0. The minimum Gasteiger partial charge on any atom is -0.308 e. The maximum atomic E-state index is 2.57. The van der Waals surface area contributed by atoms with Crippen molar-refractivity contribution < 1.29 is 0 Å². The molecule has 10 aromatic rings. The van der Waals surface area contributed by atoms with E-state index in [2.05, 4.69) is 244 Å². The highest BCUT2D eigenvalue weighted by Crippen LogP contribution is 2.62. The first-order chi connectivity index (χ1) is 31.3. The first-order valence-corrected chi connectivity index (χ1v) is 23.3. The van der Waals surface area contributed by atoms with Crippen molar-refractivity contribution in [3.05, 3.63) is 251 Å². The van der Waals surface area contributed by atoms with Gasteiger partial charge >= 0.3 is 0 Å². The van der Waals surface area contributed by atoms with Crippen LogP contribution in [-0.2, 0) is 16.2 Å². The second-order valence-corrected chi connectivity index (χ2v) is 19.8. The third-order valence-electron chi connectivity index (χ3n) is 14.9. The van der Waals surface area contributed by atoms with Crippen molar-refractivity contribution in [1.29, 1.82) is 0 Å². The Balaban J connectivity index is 1.23. The van der Waals surface area contributed by atoms with Crippen LogP contribution in [0.2, 0.25) is 0 Å². The molecule has 3 heteroatoms. The minimum atomic E-state index is -0.628. The van der Waals surface area contributed by atoms with E-state index in [1.165, 1.54) is 110 Å². The molecule has 0 fully saturated rings. The molecule has 9 aromatic carbocycles. The Kier molecular flexibility index (Phi) is 7.83. The summed E-state index contributed by atoms with van der Waals surface area (Å²) < 4.78 is 2.57. The summed E-state index contributed by atoms with van der Waals surface area (Å²) in [6.45, 7) is 9.50. The lowest BCUT2D eigenvalue weighted by Gasteiger charge is -2.42. The number of fused-ring (bicyclic) bond motifs is 6. The van der Waals surface area contributed by atoms with Crippen LogP contribution in [0.4, 0.5) is 34.1 Å². The van der Waals surface area contributed by atoms with Gasteiger partial charge in [-0.3, -0.25) is 0 Å². The lowest BCUT2D eigenvalue weighted by molar-refractivity contribution is 0.632. The predicted molar refractivity (Wildman–Crippen MR) is 270 cm³/mol. The van der Waals surface area contributed by atoms with Gasteiger partial charge in [-0.15, -0.1) is 11.3 Å². The molecule has 0 saturated carbocycles. The zero-order valence-corrected chi connectivity index (χ0v) is 37.2. The van der Waals surface area contributed by atoms with Crippen LogP contribution in [0.5, 0.6) is 0 Å². The second kappa shape index (κ2) is 13.4. The van der Waals surface area contributed by atoms with E-state index < -0.39 is 5.41 Å². The number of rotatable bonds is 4. The lowest BCUT2D eigenvalue weighted by Crippen LogP contribution is -2.32. The van der Waals surface area contributed by atoms with Gasteiger partial charge in [0.05, 0.1) is 48.9 Å². The molecule has 1 aromatic heterocycles. The monoisotopic (exact) mass is 838 g/mol. The van der Waals surface area contributed by atoms with Crippen LogP contribution < -0.4 is 9.80 Å². The van der Waals surface area contributed by atoms with Crippen LogP contribution in [0.3, 0.4) is 0 Å². The largest absolute Gasteiger partial charge is 0.308 e. The van der Waals surface area contributed by atoms with Gasteiger partial charge in [0.1, 0.15) is 0 Å². The lowest BCUT2D eigenvalue weighted by atomic mass is 9.63. The Hall–Kier alpha value is -7.20. The summed E-state index contributed by atoms with van der Waals surface area (Å²) in [5.74, 6) is 0. The van der Waals surface area contributed by atoms with E-state index in [4.69, 9.17) is 0 Å². The van der Waals surface area contributed by atoms with E-state index in [-0.39, 0.29) is 10.8 Å². The van der Waals surface area contributed by atoms with Crippen molar-refractivity contribution in [1.82, 2.24) is 0 Å². The van der Waals surface area contributed by atoms with Gasteiger partial charge in [-0.1, -0.05) is 198 Å². The van der Waals surface area contributed by atoms with Gasteiger partial charge in [-0.05, 0) is 92.0 Å². The van der Waals surface area contributed by atoms with Crippen LogP contribution in [-0.4, -0.2) is 0 Å². The van der Waals surface area contributed by atoms with Gasteiger partial charge in [0.2, 0.25) is 0 Å². The molecular formula is C61H46N2S. The highest BCUT2D eigenvalue weighted by atomic mass is 32.1. The summed E-state index contributed by atoms with van der Waals surface area (Å²) >= 11 is 1.96. The summed E-state index contributed by atoms with van der Waals surface area (Å²) in [6, 6.07) is 77.8. The average molecular weight is 839 g/mol. The molecule has 0 saturated heterocycles. The third kappa shape index (κ3) is 4.80. The molecule has 0 radical (unpaired) electrons. The van der Waals surface area contributed by atoms with Gasteiger partial charge in [0.15, 0.2) is 0 Å².